The summed E-state index contributed by atoms with van der Waals surface area (Å²) in [4.78, 5) is 8.86. The molecule has 1 aromatic heterocycles. The molecule has 1 aromatic carbocycles. The number of rotatable bonds is 2. The highest BCUT2D eigenvalue weighted by Crippen LogP contribution is 2.23. The van der Waals surface area contributed by atoms with Crippen molar-refractivity contribution in [1.29, 1.82) is 0 Å². The molecule has 2 N–H and O–H groups in total. The van der Waals surface area contributed by atoms with Gasteiger partial charge in [0.2, 0.25) is 0 Å². The van der Waals surface area contributed by atoms with Gasteiger partial charge in [-0.15, -0.1) is 0 Å². The molecule has 3 nitrogen and oxygen atoms in total. The van der Waals surface area contributed by atoms with E-state index in [0.717, 1.165) is 16.8 Å². The number of nitrogens with two attached hydrogens (primary N) is 1. The summed E-state index contributed by atoms with van der Waals surface area (Å²) in [6, 6.07) is 11.6. The Balaban J connectivity index is 2.42. The summed E-state index contributed by atoms with van der Waals surface area (Å²) in [5, 5.41) is 0. The zero-order valence-corrected chi connectivity index (χ0v) is 8.47. The molecule has 0 saturated carbocycles. The van der Waals surface area contributed by atoms with Crippen molar-refractivity contribution in [3.63, 3.8) is 0 Å². The number of hydrogen-bond donors (Lipinski definition) is 1. The molecule has 0 spiro atoms. The van der Waals surface area contributed by atoms with Crippen molar-refractivity contribution >= 4 is 0 Å². The molecule has 0 aliphatic carbocycles. The molecule has 0 aliphatic rings. The fourth-order valence-electron chi connectivity index (χ4n) is 1.50. The van der Waals surface area contributed by atoms with E-state index in [2.05, 4.69) is 9.82 Å². The topological polar surface area (TPSA) is 48.1 Å². The number of aryl methyl sites for hydroxylation is 1. The van der Waals surface area contributed by atoms with Crippen LogP contribution >= 0.6 is 0 Å². The summed E-state index contributed by atoms with van der Waals surface area (Å²) in [6.07, 6.45) is 1.79. The summed E-state index contributed by atoms with van der Waals surface area (Å²) < 4.78 is 0. The predicted molar refractivity (Wildman–Crippen MR) is 59.2 cm³/mol. The second-order valence-electron chi connectivity index (χ2n) is 3.28. The maximum Gasteiger partial charge on any atom is 0.146 e. The van der Waals surface area contributed by atoms with Crippen LogP contribution in [0.5, 0.6) is 5.75 Å². The fraction of sp³-hybridized carbons (Fsp3) is 0.0833. The van der Waals surface area contributed by atoms with Gasteiger partial charge in [0.25, 0.3) is 0 Å². The van der Waals surface area contributed by atoms with Gasteiger partial charge in [-0.25, -0.2) is 0 Å². The number of hydrogen-bond acceptors (Lipinski definition) is 3. The number of aromatic nitrogens is 1. The van der Waals surface area contributed by atoms with Gasteiger partial charge in [-0.1, -0.05) is 18.2 Å². The molecule has 2 aromatic rings. The van der Waals surface area contributed by atoms with Gasteiger partial charge in [0.05, 0.1) is 0 Å². The van der Waals surface area contributed by atoms with Crippen molar-refractivity contribution in [2.75, 3.05) is 0 Å². The molecule has 0 aliphatic heterocycles. The molecule has 76 valence electrons. The van der Waals surface area contributed by atoms with Gasteiger partial charge in [-0.05, 0) is 30.7 Å². The summed E-state index contributed by atoms with van der Waals surface area (Å²) in [7, 11) is 0. The Hall–Kier alpha value is -1.87. The Morgan fingerprint density at radius 1 is 1.13 bits per heavy atom. The Morgan fingerprint density at radius 2 is 1.87 bits per heavy atom. The van der Waals surface area contributed by atoms with Gasteiger partial charge in [-0.3, -0.25) is 4.98 Å². The first-order chi connectivity index (χ1) is 7.31. The fourth-order valence-corrected chi connectivity index (χ4v) is 1.50. The van der Waals surface area contributed by atoms with E-state index in [0.29, 0.717) is 5.75 Å². The van der Waals surface area contributed by atoms with Crippen LogP contribution in [0.3, 0.4) is 0 Å². The van der Waals surface area contributed by atoms with E-state index in [1.165, 1.54) is 0 Å². The first kappa shape index (κ1) is 9.68. The van der Waals surface area contributed by atoms with E-state index in [1.54, 1.807) is 6.20 Å². The Kier molecular flexibility index (Phi) is 2.65. The molecule has 0 amide bonds. The summed E-state index contributed by atoms with van der Waals surface area (Å²) >= 11 is 0. The molecule has 0 unspecified atom stereocenters. The Labute approximate surface area is 88.5 Å². The van der Waals surface area contributed by atoms with Crippen molar-refractivity contribution in [2.24, 2.45) is 5.90 Å². The van der Waals surface area contributed by atoms with Crippen molar-refractivity contribution < 1.29 is 4.84 Å². The van der Waals surface area contributed by atoms with Gasteiger partial charge in [0, 0.05) is 17.5 Å². The van der Waals surface area contributed by atoms with E-state index < -0.39 is 0 Å². The lowest BCUT2D eigenvalue weighted by molar-refractivity contribution is 0.334. The second kappa shape index (κ2) is 4.11. The zero-order valence-electron chi connectivity index (χ0n) is 8.47. The van der Waals surface area contributed by atoms with Crippen molar-refractivity contribution in [3.05, 3.63) is 48.3 Å². The van der Waals surface area contributed by atoms with Crippen LogP contribution in [0, 0.1) is 6.92 Å². The molecule has 3 heteroatoms. The summed E-state index contributed by atoms with van der Waals surface area (Å²) in [5.41, 5.74) is 3.25. The maximum atomic E-state index is 5.06. The lowest BCUT2D eigenvalue weighted by Crippen LogP contribution is -2.01. The largest absolute Gasteiger partial charge is 0.412 e. The normalized spacial score (nSPS) is 10.0. The maximum absolute atomic E-state index is 5.06. The molecule has 0 saturated heterocycles. The van der Waals surface area contributed by atoms with Gasteiger partial charge in [0.1, 0.15) is 5.75 Å². The van der Waals surface area contributed by atoms with Gasteiger partial charge in [0.15, 0.2) is 0 Å². The Morgan fingerprint density at radius 3 is 2.47 bits per heavy atom. The van der Waals surface area contributed by atoms with Crippen LogP contribution in [0.15, 0.2) is 42.6 Å². The SMILES string of the molecule is Cc1ncccc1-c1ccc(ON)cc1. The lowest BCUT2D eigenvalue weighted by Gasteiger charge is -2.05. The molecule has 2 rings (SSSR count). The third kappa shape index (κ3) is 1.97. The van der Waals surface area contributed by atoms with E-state index in [4.69, 9.17) is 5.90 Å². The van der Waals surface area contributed by atoms with Crippen molar-refractivity contribution in [1.82, 2.24) is 4.98 Å². The zero-order chi connectivity index (χ0) is 10.7. The lowest BCUT2D eigenvalue weighted by atomic mass is 10.0. The van der Waals surface area contributed by atoms with Gasteiger partial charge in [-0.2, -0.15) is 5.90 Å². The molecule has 0 bridgehead atoms. The van der Waals surface area contributed by atoms with Crippen LogP contribution in [0.2, 0.25) is 0 Å². The highest BCUT2D eigenvalue weighted by Gasteiger charge is 2.01. The molecule has 0 atom stereocenters. The summed E-state index contributed by atoms with van der Waals surface area (Å²) in [5.74, 6) is 5.71. The van der Waals surface area contributed by atoms with Crippen molar-refractivity contribution in [3.8, 4) is 16.9 Å². The average molecular weight is 200 g/mol. The van der Waals surface area contributed by atoms with E-state index in [1.807, 2.05) is 43.3 Å². The molecule has 0 radical (unpaired) electrons. The van der Waals surface area contributed by atoms with Crippen LogP contribution in [0.1, 0.15) is 5.69 Å². The first-order valence-corrected chi connectivity index (χ1v) is 4.70. The highest BCUT2D eigenvalue weighted by atomic mass is 16.6. The minimum Gasteiger partial charge on any atom is -0.412 e. The number of nitrogens with zero attached hydrogens (tertiary/aromatic N) is 1. The van der Waals surface area contributed by atoms with Crippen LogP contribution in [0.4, 0.5) is 0 Å². The minimum atomic E-state index is 0.653. The minimum absolute atomic E-state index is 0.653. The molecule has 1 heterocycles. The van der Waals surface area contributed by atoms with E-state index >= 15 is 0 Å². The monoisotopic (exact) mass is 200 g/mol. The molecule has 0 fully saturated rings. The third-order valence-corrected chi connectivity index (χ3v) is 2.31. The molecule has 15 heavy (non-hydrogen) atoms. The van der Waals surface area contributed by atoms with Gasteiger partial charge < -0.3 is 4.84 Å². The summed E-state index contributed by atoms with van der Waals surface area (Å²) in [6.45, 7) is 1.99. The Bertz CT molecular complexity index is 451. The molecular formula is C12H12N2O. The molecular weight excluding hydrogens is 188 g/mol. The highest BCUT2D eigenvalue weighted by molar-refractivity contribution is 5.66. The first-order valence-electron chi connectivity index (χ1n) is 4.70. The van der Waals surface area contributed by atoms with Crippen LogP contribution in [0.25, 0.3) is 11.1 Å². The van der Waals surface area contributed by atoms with E-state index in [9.17, 15) is 0 Å². The number of pyridine rings is 1. The smallest absolute Gasteiger partial charge is 0.146 e. The second-order valence-corrected chi connectivity index (χ2v) is 3.28. The number of benzene rings is 1. The average Bonchev–Trinajstić information content (AvgIpc) is 2.30. The third-order valence-electron chi connectivity index (χ3n) is 2.31. The van der Waals surface area contributed by atoms with E-state index in [-0.39, 0.29) is 0 Å². The van der Waals surface area contributed by atoms with Gasteiger partial charge >= 0.3 is 0 Å². The van der Waals surface area contributed by atoms with Crippen LogP contribution in [-0.2, 0) is 0 Å². The predicted octanol–water partition coefficient (Wildman–Crippen LogP) is 2.31. The van der Waals surface area contributed by atoms with Crippen LogP contribution in [-0.4, -0.2) is 4.98 Å². The quantitative estimate of drug-likeness (QED) is 0.757. The standard InChI is InChI=1S/C12H12N2O/c1-9-12(3-2-8-14-9)10-4-6-11(15-13)7-5-10/h2-8H,13H2,1H3. The van der Waals surface area contributed by atoms with Crippen LogP contribution < -0.4 is 10.7 Å². The van der Waals surface area contributed by atoms with Crippen molar-refractivity contribution in [2.45, 2.75) is 6.92 Å².